The lowest BCUT2D eigenvalue weighted by molar-refractivity contribution is -0.139. The van der Waals surface area contributed by atoms with Crippen LogP contribution in [0.2, 0.25) is 0 Å². The van der Waals surface area contributed by atoms with Crippen molar-refractivity contribution in [1.29, 1.82) is 0 Å². The number of hydrogen-bond donors (Lipinski definition) is 2. The van der Waals surface area contributed by atoms with Crippen LogP contribution in [0.15, 0.2) is 30.3 Å². The molecule has 1 saturated heterocycles. The minimum Gasteiger partial charge on any atom is -0.480 e. The van der Waals surface area contributed by atoms with Crippen molar-refractivity contribution in [1.82, 2.24) is 10.2 Å². The number of carboxylic acid groups (broad SMARTS) is 1. The molecule has 1 fully saturated rings. The summed E-state index contributed by atoms with van der Waals surface area (Å²) in [7, 11) is 0. The van der Waals surface area contributed by atoms with Gasteiger partial charge in [-0.3, -0.25) is 9.69 Å². The molecule has 1 aromatic rings. The molecule has 1 aliphatic heterocycles. The lowest BCUT2D eigenvalue weighted by Crippen LogP contribution is -2.50. The maximum absolute atomic E-state index is 11.1. The molecule has 0 radical (unpaired) electrons. The van der Waals surface area contributed by atoms with E-state index in [4.69, 9.17) is 5.11 Å². The fourth-order valence-corrected chi connectivity index (χ4v) is 2.83. The van der Waals surface area contributed by atoms with Gasteiger partial charge in [0.05, 0.1) is 0 Å². The van der Waals surface area contributed by atoms with E-state index in [-0.39, 0.29) is 6.04 Å². The number of likely N-dealkylation sites (tertiary alicyclic amines) is 1. The van der Waals surface area contributed by atoms with E-state index in [1.165, 1.54) is 5.56 Å². The maximum Gasteiger partial charge on any atom is 0.320 e. The normalized spacial score (nSPS) is 21.6. The van der Waals surface area contributed by atoms with Crippen LogP contribution in [0.5, 0.6) is 0 Å². The fraction of sp³-hybridized carbons (Fsp3) is 0.562. The molecule has 0 saturated carbocycles. The average Bonchev–Trinajstić information content (AvgIpc) is 2.46. The van der Waals surface area contributed by atoms with E-state index < -0.39 is 12.0 Å². The first-order valence-corrected chi connectivity index (χ1v) is 7.44. The van der Waals surface area contributed by atoms with Crippen LogP contribution in [0.1, 0.15) is 31.7 Å². The molecule has 1 heterocycles. The second kappa shape index (κ2) is 7.41. The van der Waals surface area contributed by atoms with Crippen molar-refractivity contribution < 1.29 is 9.90 Å². The van der Waals surface area contributed by atoms with Gasteiger partial charge in [0.15, 0.2) is 0 Å². The molecule has 0 amide bonds. The molecule has 20 heavy (non-hydrogen) atoms. The van der Waals surface area contributed by atoms with E-state index in [0.29, 0.717) is 6.42 Å². The summed E-state index contributed by atoms with van der Waals surface area (Å²) in [5, 5.41) is 12.4. The van der Waals surface area contributed by atoms with Gasteiger partial charge in [-0.05, 0) is 31.4 Å². The average molecular weight is 276 g/mol. The number of nitrogens with one attached hydrogen (secondary N) is 1. The molecule has 4 heteroatoms. The van der Waals surface area contributed by atoms with Gasteiger partial charge >= 0.3 is 5.97 Å². The van der Waals surface area contributed by atoms with Crippen molar-refractivity contribution in [3.8, 4) is 0 Å². The van der Waals surface area contributed by atoms with Gasteiger partial charge in [0.25, 0.3) is 0 Å². The van der Waals surface area contributed by atoms with Crippen LogP contribution in [-0.2, 0) is 11.3 Å². The van der Waals surface area contributed by atoms with Crippen LogP contribution < -0.4 is 5.32 Å². The van der Waals surface area contributed by atoms with Crippen molar-refractivity contribution in [2.45, 2.75) is 44.8 Å². The number of piperidine rings is 1. The highest BCUT2D eigenvalue weighted by molar-refractivity contribution is 5.73. The van der Waals surface area contributed by atoms with Crippen molar-refractivity contribution >= 4 is 5.97 Å². The molecule has 110 valence electrons. The Morgan fingerprint density at radius 1 is 1.45 bits per heavy atom. The Labute approximate surface area is 120 Å². The molecule has 2 unspecified atom stereocenters. The lowest BCUT2D eigenvalue weighted by Gasteiger charge is -2.34. The number of rotatable bonds is 6. The predicted octanol–water partition coefficient (Wildman–Crippen LogP) is 2.10. The molecule has 0 aromatic heterocycles. The van der Waals surface area contributed by atoms with E-state index in [1.807, 2.05) is 13.0 Å². The maximum atomic E-state index is 11.1. The number of hydrogen-bond acceptors (Lipinski definition) is 3. The van der Waals surface area contributed by atoms with Crippen LogP contribution in [0, 0.1) is 0 Å². The van der Waals surface area contributed by atoms with E-state index in [1.54, 1.807) is 0 Å². The van der Waals surface area contributed by atoms with Crippen LogP contribution in [0.25, 0.3) is 0 Å². The first-order valence-electron chi connectivity index (χ1n) is 7.44. The highest BCUT2D eigenvalue weighted by Gasteiger charge is 2.24. The molecule has 0 aliphatic carbocycles. The number of carbonyl (C=O) groups is 1. The Bertz CT molecular complexity index is 422. The molecule has 0 spiro atoms. The Balaban J connectivity index is 1.87. The van der Waals surface area contributed by atoms with E-state index in [0.717, 1.165) is 32.5 Å². The molecule has 2 N–H and O–H groups in total. The van der Waals surface area contributed by atoms with Gasteiger partial charge < -0.3 is 10.4 Å². The van der Waals surface area contributed by atoms with Gasteiger partial charge in [-0.1, -0.05) is 37.3 Å². The quantitative estimate of drug-likeness (QED) is 0.835. The number of aliphatic carboxylic acids is 1. The predicted molar refractivity (Wildman–Crippen MR) is 79.6 cm³/mol. The summed E-state index contributed by atoms with van der Waals surface area (Å²) < 4.78 is 0. The minimum atomic E-state index is -0.743. The zero-order valence-corrected chi connectivity index (χ0v) is 12.1. The van der Waals surface area contributed by atoms with Gasteiger partial charge in [0.1, 0.15) is 6.04 Å². The fourth-order valence-electron chi connectivity index (χ4n) is 2.83. The summed E-state index contributed by atoms with van der Waals surface area (Å²) in [5.41, 5.74) is 1.32. The van der Waals surface area contributed by atoms with Gasteiger partial charge in [0, 0.05) is 19.1 Å². The zero-order valence-electron chi connectivity index (χ0n) is 12.1. The number of nitrogens with zero attached hydrogens (tertiary/aromatic N) is 1. The molecule has 2 rings (SSSR count). The highest BCUT2D eigenvalue weighted by atomic mass is 16.4. The smallest absolute Gasteiger partial charge is 0.320 e. The molecular formula is C16H24N2O2. The minimum absolute atomic E-state index is 0.286. The second-order valence-corrected chi connectivity index (χ2v) is 5.53. The van der Waals surface area contributed by atoms with Crippen molar-refractivity contribution in [3.63, 3.8) is 0 Å². The van der Waals surface area contributed by atoms with Gasteiger partial charge in [-0.2, -0.15) is 0 Å². The lowest BCUT2D eigenvalue weighted by atomic mass is 10.0. The largest absolute Gasteiger partial charge is 0.480 e. The van der Waals surface area contributed by atoms with E-state index in [9.17, 15) is 4.79 Å². The van der Waals surface area contributed by atoms with Crippen molar-refractivity contribution in [2.24, 2.45) is 0 Å². The van der Waals surface area contributed by atoms with Crippen LogP contribution in [0.3, 0.4) is 0 Å². The van der Waals surface area contributed by atoms with Gasteiger partial charge in [0.2, 0.25) is 0 Å². The third-order valence-electron chi connectivity index (χ3n) is 3.90. The molecule has 2 atom stereocenters. The molecule has 0 bridgehead atoms. The third-order valence-corrected chi connectivity index (χ3v) is 3.90. The van der Waals surface area contributed by atoms with Gasteiger partial charge in [-0.15, -0.1) is 0 Å². The van der Waals surface area contributed by atoms with Crippen LogP contribution in [-0.4, -0.2) is 41.1 Å². The summed E-state index contributed by atoms with van der Waals surface area (Å²) in [6.07, 6.45) is 2.82. The van der Waals surface area contributed by atoms with E-state index >= 15 is 0 Å². The van der Waals surface area contributed by atoms with Crippen LogP contribution in [0.4, 0.5) is 0 Å². The molecule has 1 aromatic carbocycles. The second-order valence-electron chi connectivity index (χ2n) is 5.53. The highest BCUT2D eigenvalue weighted by Crippen LogP contribution is 2.14. The number of benzene rings is 1. The Hall–Kier alpha value is -1.39. The van der Waals surface area contributed by atoms with Crippen LogP contribution >= 0.6 is 0 Å². The third kappa shape index (κ3) is 4.32. The first kappa shape index (κ1) is 15.0. The van der Waals surface area contributed by atoms with Crippen molar-refractivity contribution in [3.05, 3.63) is 35.9 Å². The standard InChI is InChI=1S/C16H24N2O2/c1-2-15(16(19)20)17-14-9-6-10-18(12-14)11-13-7-4-3-5-8-13/h3-5,7-8,14-15,17H,2,6,9-12H2,1H3,(H,19,20). The molecule has 1 aliphatic rings. The Morgan fingerprint density at radius 2 is 2.20 bits per heavy atom. The molecular weight excluding hydrogens is 252 g/mol. The summed E-state index contributed by atoms with van der Waals surface area (Å²) in [6.45, 7) is 4.88. The van der Waals surface area contributed by atoms with Crippen molar-refractivity contribution in [2.75, 3.05) is 13.1 Å². The topological polar surface area (TPSA) is 52.6 Å². The number of carboxylic acids is 1. The first-order chi connectivity index (χ1) is 9.69. The summed E-state index contributed by atoms with van der Waals surface area (Å²) in [4.78, 5) is 13.5. The summed E-state index contributed by atoms with van der Waals surface area (Å²) in [5.74, 6) is -0.743. The Kier molecular flexibility index (Phi) is 5.56. The zero-order chi connectivity index (χ0) is 14.4. The SMILES string of the molecule is CCC(NC1CCCN(Cc2ccccc2)C1)C(=O)O. The monoisotopic (exact) mass is 276 g/mol. The van der Waals surface area contributed by atoms with Gasteiger partial charge in [-0.25, -0.2) is 0 Å². The molecule has 4 nitrogen and oxygen atoms in total. The Morgan fingerprint density at radius 3 is 2.85 bits per heavy atom. The summed E-state index contributed by atoms with van der Waals surface area (Å²) >= 11 is 0. The summed E-state index contributed by atoms with van der Waals surface area (Å²) in [6, 6.07) is 10.3. The van der Waals surface area contributed by atoms with E-state index in [2.05, 4.69) is 34.5 Å².